The number of ether oxygens (including phenoxy) is 2. The predicted octanol–water partition coefficient (Wildman–Crippen LogP) is 4.62. The Hall–Kier alpha value is -2.47. The third kappa shape index (κ3) is 4.26. The van der Waals surface area contributed by atoms with Crippen LogP contribution in [0.5, 0.6) is 11.5 Å². The van der Waals surface area contributed by atoms with Crippen LogP contribution >= 0.6 is 0 Å². The zero-order valence-electron chi connectivity index (χ0n) is 14.2. The zero-order valence-corrected chi connectivity index (χ0v) is 14.2. The Morgan fingerprint density at radius 3 is 2.35 bits per heavy atom. The fraction of sp³-hybridized carbons (Fsp3) is 0.350. The second kappa shape index (κ2) is 7.19. The molecule has 2 aromatic rings. The second-order valence-electron chi connectivity index (χ2n) is 6.51. The molecule has 2 rings (SSSR count). The molecule has 2 aromatic carbocycles. The molecule has 0 aliphatic heterocycles. The quantitative estimate of drug-likeness (QED) is 0.757. The maximum absolute atomic E-state index is 9.05. The van der Waals surface area contributed by atoms with Crippen LogP contribution in [-0.4, -0.2) is 13.2 Å². The van der Waals surface area contributed by atoms with Gasteiger partial charge in [-0.1, -0.05) is 51.1 Å². The molecule has 0 atom stereocenters. The lowest BCUT2D eigenvalue weighted by molar-refractivity contribution is 0.213. The molecular formula is C20H23NO2. The predicted molar refractivity (Wildman–Crippen MR) is 92.0 cm³/mol. The van der Waals surface area contributed by atoms with Crippen molar-refractivity contribution in [3.8, 4) is 17.6 Å². The summed E-state index contributed by atoms with van der Waals surface area (Å²) in [6.07, 6.45) is 0. The molecule has 0 heterocycles. The van der Waals surface area contributed by atoms with E-state index in [0.29, 0.717) is 24.5 Å². The summed E-state index contributed by atoms with van der Waals surface area (Å²) >= 11 is 0. The number of rotatable bonds is 5. The van der Waals surface area contributed by atoms with Gasteiger partial charge in [-0.15, -0.1) is 0 Å². The Bertz CT molecular complexity index is 708. The van der Waals surface area contributed by atoms with Gasteiger partial charge < -0.3 is 9.47 Å². The Morgan fingerprint density at radius 2 is 1.65 bits per heavy atom. The molecule has 0 aliphatic carbocycles. The number of benzene rings is 2. The standard InChI is InChI=1S/C20H23NO2/c1-15-8-7-10-17(20(2,3)4)19(15)23-13-12-22-18-11-6-5-9-16(18)14-21/h5-11H,12-13H2,1-4H3. The second-order valence-corrected chi connectivity index (χ2v) is 6.51. The van der Waals surface area contributed by atoms with Crippen molar-refractivity contribution < 1.29 is 9.47 Å². The summed E-state index contributed by atoms with van der Waals surface area (Å²) in [6.45, 7) is 9.41. The minimum atomic E-state index is 0.0234. The summed E-state index contributed by atoms with van der Waals surface area (Å²) in [5, 5.41) is 9.05. The largest absolute Gasteiger partial charge is 0.489 e. The van der Waals surface area contributed by atoms with E-state index in [1.165, 1.54) is 5.56 Å². The molecule has 0 saturated carbocycles. The highest BCUT2D eigenvalue weighted by Gasteiger charge is 2.20. The molecule has 0 saturated heterocycles. The SMILES string of the molecule is Cc1cccc(C(C)(C)C)c1OCCOc1ccccc1C#N. The van der Waals surface area contributed by atoms with Gasteiger partial charge in [-0.25, -0.2) is 0 Å². The molecule has 0 amide bonds. The lowest BCUT2D eigenvalue weighted by Crippen LogP contribution is -2.16. The van der Waals surface area contributed by atoms with Crippen molar-refractivity contribution in [1.29, 1.82) is 5.26 Å². The highest BCUT2D eigenvalue weighted by atomic mass is 16.5. The molecule has 0 aromatic heterocycles. The van der Waals surface area contributed by atoms with Crippen molar-refractivity contribution in [2.75, 3.05) is 13.2 Å². The van der Waals surface area contributed by atoms with Gasteiger partial charge in [-0.2, -0.15) is 5.26 Å². The zero-order chi connectivity index (χ0) is 16.9. The highest BCUT2D eigenvalue weighted by molar-refractivity contribution is 5.44. The van der Waals surface area contributed by atoms with Crippen LogP contribution in [0.4, 0.5) is 0 Å². The molecule has 0 spiro atoms. The number of aryl methyl sites for hydroxylation is 1. The number of nitrogens with zero attached hydrogens (tertiary/aromatic N) is 1. The van der Waals surface area contributed by atoms with Gasteiger partial charge in [-0.3, -0.25) is 0 Å². The van der Waals surface area contributed by atoms with Crippen LogP contribution in [0.25, 0.3) is 0 Å². The Labute approximate surface area is 138 Å². The van der Waals surface area contributed by atoms with Gasteiger partial charge in [0.2, 0.25) is 0 Å². The lowest BCUT2D eigenvalue weighted by atomic mass is 9.85. The molecular weight excluding hydrogens is 286 g/mol. The monoisotopic (exact) mass is 309 g/mol. The van der Waals surface area contributed by atoms with E-state index in [1.807, 2.05) is 12.1 Å². The van der Waals surface area contributed by atoms with Gasteiger partial charge >= 0.3 is 0 Å². The van der Waals surface area contributed by atoms with Gasteiger partial charge in [0.05, 0.1) is 5.56 Å². The van der Waals surface area contributed by atoms with Crippen molar-refractivity contribution in [3.63, 3.8) is 0 Å². The topological polar surface area (TPSA) is 42.2 Å². The van der Waals surface area contributed by atoms with Gasteiger partial charge in [0, 0.05) is 0 Å². The maximum Gasteiger partial charge on any atom is 0.137 e. The van der Waals surface area contributed by atoms with Crippen LogP contribution in [-0.2, 0) is 5.41 Å². The highest BCUT2D eigenvalue weighted by Crippen LogP contribution is 2.33. The minimum absolute atomic E-state index is 0.0234. The van der Waals surface area contributed by atoms with Crippen molar-refractivity contribution in [3.05, 3.63) is 59.2 Å². The van der Waals surface area contributed by atoms with Gasteiger partial charge in [0.1, 0.15) is 30.8 Å². The fourth-order valence-electron chi connectivity index (χ4n) is 2.41. The van der Waals surface area contributed by atoms with Gasteiger partial charge in [0.25, 0.3) is 0 Å². The van der Waals surface area contributed by atoms with Crippen LogP contribution in [0.3, 0.4) is 0 Å². The molecule has 23 heavy (non-hydrogen) atoms. The summed E-state index contributed by atoms with van der Waals surface area (Å²) < 4.78 is 11.6. The first-order valence-corrected chi connectivity index (χ1v) is 7.78. The smallest absolute Gasteiger partial charge is 0.137 e. The first-order valence-electron chi connectivity index (χ1n) is 7.78. The molecule has 120 valence electrons. The number of hydrogen-bond donors (Lipinski definition) is 0. The average molecular weight is 309 g/mol. The molecule has 0 radical (unpaired) electrons. The van der Waals surface area contributed by atoms with Crippen molar-refractivity contribution >= 4 is 0 Å². The third-order valence-electron chi connectivity index (χ3n) is 3.61. The van der Waals surface area contributed by atoms with Crippen LogP contribution in [0.15, 0.2) is 42.5 Å². The maximum atomic E-state index is 9.05. The molecule has 0 fully saturated rings. The Morgan fingerprint density at radius 1 is 0.957 bits per heavy atom. The number of hydrogen-bond acceptors (Lipinski definition) is 3. The van der Waals surface area contributed by atoms with Crippen LogP contribution in [0.1, 0.15) is 37.5 Å². The number of nitriles is 1. The van der Waals surface area contributed by atoms with Crippen molar-refractivity contribution in [1.82, 2.24) is 0 Å². The van der Waals surface area contributed by atoms with Crippen molar-refractivity contribution in [2.45, 2.75) is 33.1 Å². The van der Waals surface area contributed by atoms with Gasteiger partial charge in [0.15, 0.2) is 0 Å². The van der Waals surface area contributed by atoms with E-state index in [1.54, 1.807) is 12.1 Å². The molecule has 0 N–H and O–H groups in total. The van der Waals surface area contributed by atoms with Crippen LogP contribution in [0.2, 0.25) is 0 Å². The Kier molecular flexibility index (Phi) is 5.28. The Balaban J connectivity index is 2.01. The summed E-state index contributed by atoms with van der Waals surface area (Å²) in [4.78, 5) is 0. The number of para-hydroxylation sites is 2. The third-order valence-corrected chi connectivity index (χ3v) is 3.61. The van der Waals surface area contributed by atoms with Gasteiger partial charge in [-0.05, 0) is 35.6 Å². The summed E-state index contributed by atoms with van der Waals surface area (Å²) in [5.41, 5.74) is 2.87. The van der Waals surface area contributed by atoms with Crippen molar-refractivity contribution in [2.24, 2.45) is 0 Å². The molecule has 3 nitrogen and oxygen atoms in total. The van der Waals surface area contributed by atoms with E-state index in [0.717, 1.165) is 11.3 Å². The van der Waals surface area contributed by atoms with Crippen LogP contribution < -0.4 is 9.47 Å². The summed E-state index contributed by atoms with van der Waals surface area (Å²) in [6, 6.07) is 15.6. The minimum Gasteiger partial charge on any atom is -0.489 e. The van der Waals surface area contributed by atoms with E-state index in [9.17, 15) is 0 Å². The molecule has 0 aliphatic rings. The van der Waals surface area contributed by atoms with E-state index in [-0.39, 0.29) is 5.41 Å². The molecule has 0 bridgehead atoms. The van der Waals surface area contributed by atoms with E-state index in [2.05, 4.69) is 52.0 Å². The summed E-state index contributed by atoms with van der Waals surface area (Å²) in [5.74, 6) is 1.52. The van der Waals surface area contributed by atoms with E-state index < -0.39 is 0 Å². The normalized spacial score (nSPS) is 10.9. The van der Waals surface area contributed by atoms with E-state index >= 15 is 0 Å². The lowest BCUT2D eigenvalue weighted by Gasteiger charge is -2.24. The fourth-order valence-corrected chi connectivity index (χ4v) is 2.41. The first-order chi connectivity index (χ1) is 10.9. The molecule has 0 unspecified atom stereocenters. The van der Waals surface area contributed by atoms with E-state index in [4.69, 9.17) is 14.7 Å². The first kappa shape index (κ1) is 16.9. The average Bonchev–Trinajstić information content (AvgIpc) is 2.52. The van der Waals surface area contributed by atoms with Crippen LogP contribution in [0, 0.1) is 18.3 Å². The summed E-state index contributed by atoms with van der Waals surface area (Å²) in [7, 11) is 0. The molecule has 3 heteroatoms.